The number of thiophene rings is 1. The number of fused-ring (bicyclic) bond motifs is 3. The van der Waals surface area contributed by atoms with Gasteiger partial charge in [0.15, 0.2) is 0 Å². The summed E-state index contributed by atoms with van der Waals surface area (Å²) >= 11 is 3.45. The summed E-state index contributed by atoms with van der Waals surface area (Å²) in [7, 11) is 0. The molecule has 0 radical (unpaired) electrons. The Morgan fingerprint density at radius 1 is 1.31 bits per heavy atom. The van der Waals surface area contributed by atoms with E-state index < -0.39 is 0 Å². The van der Waals surface area contributed by atoms with E-state index in [0.717, 1.165) is 42.1 Å². The Bertz CT molecular complexity index is 804. The molecule has 2 aliphatic rings. The van der Waals surface area contributed by atoms with E-state index in [-0.39, 0.29) is 11.2 Å². The summed E-state index contributed by atoms with van der Waals surface area (Å²) in [6.45, 7) is 5.15. The molecule has 0 bridgehead atoms. The van der Waals surface area contributed by atoms with Gasteiger partial charge in [-0.25, -0.2) is 9.97 Å². The Kier molecular flexibility index (Phi) is 5.50. The van der Waals surface area contributed by atoms with Gasteiger partial charge in [-0.1, -0.05) is 18.7 Å². The second kappa shape index (κ2) is 7.85. The molecule has 0 spiro atoms. The van der Waals surface area contributed by atoms with Crippen LogP contribution in [0.5, 0.6) is 0 Å². The fourth-order valence-corrected chi connectivity index (χ4v) is 6.63. The van der Waals surface area contributed by atoms with Crippen molar-refractivity contribution < 1.29 is 4.79 Å². The minimum atomic E-state index is -0.0978. The highest BCUT2D eigenvalue weighted by Gasteiger charge is 2.30. The van der Waals surface area contributed by atoms with Crippen LogP contribution in [0.15, 0.2) is 11.4 Å². The number of aryl methyl sites for hydroxylation is 2. The van der Waals surface area contributed by atoms with Gasteiger partial charge in [-0.2, -0.15) is 0 Å². The molecule has 0 aromatic carbocycles. The van der Waals surface area contributed by atoms with Gasteiger partial charge in [0.2, 0.25) is 5.91 Å². The van der Waals surface area contributed by atoms with Gasteiger partial charge in [-0.05, 0) is 63.9 Å². The number of piperidine rings is 1. The van der Waals surface area contributed by atoms with E-state index in [1.165, 1.54) is 41.5 Å². The van der Waals surface area contributed by atoms with Gasteiger partial charge in [-0.3, -0.25) is 4.79 Å². The smallest absolute Gasteiger partial charge is 0.236 e. The highest BCUT2D eigenvalue weighted by Crippen LogP contribution is 2.40. The van der Waals surface area contributed by atoms with Gasteiger partial charge in [0.05, 0.1) is 5.25 Å². The van der Waals surface area contributed by atoms with Crippen LogP contribution in [0.3, 0.4) is 0 Å². The Balaban J connectivity index is 1.58. The lowest BCUT2D eigenvalue weighted by Crippen LogP contribution is -2.46. The van der Waals surface area contributed by atoms with Crippen molar-refractivity contribution in [3.05, 3.63) is 16.8 Å². The lowest BCUT2D eigenvalue weighted by molar-refractivity contribution is -0.134. The summed E-state index contributed by atoms with van der Waals surface area (Å²) in [5.74, 6) is 0.275. The number of hydrogen-bond acceptors (Lipinski definition) is 5. The van der Waals surface area contributed by atoms with Crippen molar-refractivity contribution >= 4 is 39.2 Å². The van der Waals surface area contributed by atoms with Crippen molar-refractivity contribution in [1.29, 1.82) is 0 Å². The second-order valence-electron chi connectivity index (χ2n) is 7.42. The molecule has 4 nitrogen and oxygen atoms in total. The fraction of sp³-hybridized carbons (Fsp3) is 0.650. The summed E-state index contributed by atoms with van der Waals surface area (Å²) in [4.78, 5) is 26.9. The molecular formula is C20H27N3OS2. The number of rotatable bonds is 4. The van der Waals surface area contributed by atoms with Crippen molar-refractivity contribution in [2.45, 2.75) is 81.5 Å². The molecule has 1 aliphatic heterocycles. The van der Waals surface area contributed by atoms with Gasteiger partial charge >= 0.3 is 0 Å². The van der Waals surface area contributed by atoms with E-state index in [0.29, 0.717) is 6.04 Å². The van der Waals surface area contributed by atoms with Crippen molar-refractivity contribution in [2.75, 3.05) is 6.54 Å². The molecule has 2 aromatic heterocycles. The minimum absolute atomic E-state index is 0.0978. The van der Waals surface area contributed by atoms with Crippen molar-refractivity contribution in [2.24, 2.45) is 0 Å². The predicted molar refractivity (Wildman–Crippen MR) is 109 cm³/mol. The molecule has 140 valence electrons. The predicted octanol–water partition coefficient (Wildman–Crippen LogP) is 4.84. The highest BCUT2D eigenvalue weighted by molar-refractivity contribution is 8.00. The first-order valence-corrected chi connectivity index (χ1v) is 11.6. The zero-order chi connectivity index (χ0) is 18.1. The lowest BCUT2D eigenvalue weighted by atomic mass is 9.97. The van der Waals surface area contributed by atoms with Crippen LogP contribution in [0.25, 0.3) is 10.2 Å². The van der Waals surface area contributed by atoms with Crippen LogP contribution in [0.1, 0.15) is 62.8 Å². The zero-order valence-corrected chi connectivity index (χ0v) is 17.3. The summed E-state index contributed by atoms with van der Waals surface area (Å²) in [5.41, 5.74) is 1.45. The number of carbonyl (C=O) groups excluding carboxylic acids is 1. The van der Waals surface area contributed by atoms with Crippen LogP contribution in [0, 0.1) is 0 Å². The van der Waals surface area contributed by atoms with Gasteiger partial charge in [0, 0.05) is 22.8 Å². The standard InChI is InChI=1S/C20H27N3OS2/c1-3-14-8-6-7-11-23(14)20(24)13(2)25-18-17-15-9-4-5-10-16(15)26-19(17)22-12-21-18/h12-14H,3-11H2,1-2H3. The van der Waals surface area contributed by atoms with E-state index >= 15 is 0 Å². The third-order valence-electron chi connectivity index (χ3n) is 5.73. The van der Waals surface area contributed by atoms with Crippen LogP contribution < -0.4 is 0 Å². The van der Waals surface area contributed by atoms with Crippen molar-refractivity contribution in [3.63, 3.8) is 0 Å². The molecule has 1 aliphatic carbocycles. The molecule has 1 amide bonds. The van der Waals surface area contributed by atoms with Gasteiger partial charge in [0.1, 0.15) is 16.2 Å². The van der Waals surface area contributed by atoms with Crippen LogP contribution in [-0.4, -0.2) is 38.6 Å². The van der Waals surface area contributed by atoms with Gasteiger partial charge in [-0.15, -0.1) is 11.3 Å². The van der Waals surface area contributed by atoms with E-state index in [1.54, 1.807) is 18.1 Å². The molecule has 2 aromatic rings. The Morgan fingerprint density at radius 3 is 3.00 bits per heavy atom. The summed E-state index contributed by atoms with van der Waals surface area (Å²) < 4.78 is 0. The number of hydrogen-bond donors (Lipinski definition) is 0. The first kappa shape index (κ1) is 18.2. The van der Waals surface area contributed by atoms with Crippen LogP contribution in [0.4, 0.5) is 0 Å². The zero-order valence-electron chi connectivity index (χ0n) is 15.7. The van der Waals surface area contributed by atoms with Gasteiger partial charge in [0.25, 0.3) is 0 Å². The second-order valence-corrected chi connectivity index (χ2v) is 9.83. The molecule has 2 atom stereocenters. The number of nitrogens with zero attached hydrogens (tertiary/aromatic N) is 3. The number of amides is 1. The van der Waals surface area contributed by atoms with Crippen LogP contribution >= 0.6 is 23.1 Å². The Morgan fingerprint density at radius 2 is 2.15 bits per heavy atom. The summed E-state index contributed by atoms with van der Waals surface area (Å²) in [6, 6.07) is 0.415. The van der Waals surface area contributed by atoms with Crippen molar-refractivity contribution in [3.8, 4) is 0 Å². The first-order chi connectivity index (χ1) is 12.7. The van der Waals surface area contributed by atoms with Gasteiger partial charge < -0.3 is 4.90 Å². The third kappa shape index (κ3) is 3.38. The Hall–Kier alpha value is -1.14. The molecule has 4 rings (SSSR count). The molecule has 26 heavy (non-hydrogen) atoms. The van der Waals surface area contributed by atoms with E-state index in [1.807, 2.05) is 18.3 Å². The summed E-state index contributed by atoms with van der Waals surface area (Å²) in [6.07, 6.45) is 11.1. The average molecular weight is 390 g/mol. The maximum absolute atomic E-state index is 13.1. The number of likely N-dealkylation sites (tertiary alicyclic amines) is 1. The minimum Gasteiger partial charge on any atom is -0.339 e. The van der Waals surface area contributed by atoms with Crippen molar-refractivity contribution in [1.82, 2.24) is 14.9 Å². The maximum atomic E-state index is 13.1. The monoisotopic (exact) mass is 389 g/mol. The van der Waals surface area contributed by atoms with E-state index in [9.17, 15) is 4.79 Å². The molecule has 0 saturated carbocycles. The molecule has 1 fully saturated rings. The number of carbonyl (C=O) groups is 1. The fourth-order valence-electron chi connectivity index (χ4n) is 4.32. The number of aromatic nitrogens is 2. The number of thioether (sulfide) groups is 1. The molecule has 6 heteroatoms. The quantitative estimate of drug-likeness (QED) is 0.554. The SMILES string of the molecule is CCC1CCCCN1C(=O)C(C)Sc1ncnc2sc3c(c12)CCCC3. The van der Waals surface area contributed by atoms with Crippen LogP contribution in [0.2, 0.25) is 0 Å². The molecule has 1 saturated heterocycles. The maximum Gasteiger partial charge on any atom is 0.236 e. The van der Waals surface area contributed by atoms with E-state index in [2.05, 4.69) is 21.8 Å². The lowest BCUT2D eigenvalue weighted by Gasteiger charge is -2.36. The molecular weight excluding hydrogens is 362 g/mol. The normalized spacial score (nSPS) is 21.6. The largest absolute Gasteiger partial charge is 0.339 e. The topological polar surface area (TPSA) is 46.1 Å². The van der Waals surface area contributed by atoms with E-state index in [4.69, 9.17) is 0 Å². The highest BCUT2D eigenvalue weighted by atomic mass is 32.2. The third-order valence-corrected chi connectivity index (χ3v) is 8.02. The molecule has 2 unspecified atom stereocenters. The first-order valence-electron chi connectivity index (χ1n) is 9.91. The molecule has 3 heterocycles. The molecule has 0 N–H and O–H groups in total. The Labute approximate surface area is 163 Å². The average Bonchev–Trinajstić information content (AvgIpc) is 3.07. The van der Waals surface area contributed by atoms with Crippen LogP contribution in [-0.2, 0) is 17.6 Å². The summed E-state index contributed by atoms with van der Waals surface area (Å²) in [5, 5.41) is 2.13.